The van der Waals surface area contributed by atoms with Gasteiger partial charge in [-0.05, 0) is 59.9 Å². The van der Waals surface area contributed by atoms with Gasteiger partial charge in [0.15, 0.2) is 11.8 Å². The molecule has 222 valence electrons. The number of likely N-dealkylation sites (N-methyl/N-ethyl adjacent to an activating group) is 1. The normalized spacial score (nSPS) is 24.6. The van der Waals surface area contributed by atoms with Gasteiger partial charge in [-0.1, -0.05) is 30.3 Å². The Kier molecular flexibility index (Phi) is 6.14. The van der Waals surface area contributed by atoms with Crippen LogP contribution in [0.2, 0.25) is 0 Å². The van der Waals surface area contributed by atoms with Gasteiger partial charge in [-0.15, -0.1) is 0 Å². The monoisotopic (exact) mass is 585 g/mol. The SMILES string of the molecule is CN=C1NC2(CCc3cccc(-c4cnc(-c5ccc(-c6cnccn6)c6c5CCC5(COC(N)=N5)C6)nc4)c3C2)CN1C. The Morgan fingerprint density at radius 3 is 2.52 bits per heavy atom. The molecule has 1 fully saturated rings. The van der Waals surface area contributed by atoms with Crippen LogP contribution in [-0.2, 0) is 30.4 Å². The number of nitrogens with one attached hydrogen (secondary N) is 1. The van der Waals surface area contributed by atoms with Crippen molar-refractivity contribution in [3.8, 4) is 33.8 Å². The molecule has 0 bridgehead atoms. The first-order chi connectivity index (χ1) is 21.4. The lowest BCUT2D eigenvalue weighted by molar-refractivity contribution is 0.235. The molecule has 10 heteroatoms. The van der Waals surface area contributed by atoms with Gasteiger partial charge in [0, 0.05) is 68.5 Å². The van der Waals surface area contributed by atoms with E-state index >= 15 is 0 Å². The number of guanidine groups is 1. The molecule has 2 aromatic heterocycles. The Morgan fingerprint density at radius 1 is 0.909 bits per heavy atom. The summed E-state index contributed by atoms with van der Waals surface area (Å²) >= 11 is 0. The largest absolute Gasteiger partial charge is 0.463 e. The van der Waals surface area contributed by atoms with E-state index in [9.17, 15) is 0 Å². The summed E-state index contributed by atoms with van der Waals surface area (Å²) in [6.45, 7) is 1.44. The van der Waals surface area contributed by atoms with Crippen LogP contribution in [0.1, 0.15) is 35.1 Å². The van der Waals surface area contributed by atoms with Crippen LogP contribution in [-0.4, -0.2) is 75.1 Å². The number of aromatic nitrogens is 4. The fourth-order valence-electron chi connectivity index (χ4n) is 7.69. The summed E-state index contributed by atoms with van der Waals surface area (Å²) in [5.41, 5.74) is 16.0. The minimum Gasteiger partial charge on any atom is -0.463 e. The number of hydrogen-bond acceptors (Lipinski definition) is 8. The maximum atomic E-state index is 5.96. The first kappa shape index (κ1) is 26.7. The number of amidine groups is 1. The highest BCUT2D eigenvalue weighted by atomic mass is 16.5. The average molecular weight is 586 g/mol. The zero-order valence-electron chi connectivity index (χ0n) is 25.0. The van der Waals surface area contributed by atoms with Gasteiger partial charge in [0.1, 0.15) is 12.1 Å². The average Bonchev–Trinajstić information content (AvgIpc) is 3.57. The van der Waals surface area contributed by atoms with Crippen molar-refractivity contribution in [2.75, 3.05) is 27.2 Å². The van der Waals surface area contributed by atoms with Crippen molar-refractivity contribution in [2.45, 2.75) is 49.6 Å². The van der Waals surface area contributed by atoms with Crippen molar-refractivity contribution in [2.24, 2.45) is 15.7 Å². The Balaban J connectivity index is 1.15. The van der Waals surface area contributed by atoms with Gasteiger partial charge >= 0.3 is 0 Å². The van der Waals surface area contributed by atoms with Crippen LogP contribution in [0.25, 0.3) is 33.8 Å². The summed E-state index contributed by atoms with van der Waals surface area (Å²) in [7, 11) is 3.96. The molecule has 1 saturated heterocycles. The van der Waals surface area contributed by atoms with Crippen molar-refractivity contribution in [3.05, 3.63) is 83.6 Å². The second-order valence-electron chi connectivity index (χ2n) is 12.6. The van der Waals surface area contributed by atoms with E-state index in [2.05, 4.69) is 62.6 Å². The number of ether oxygens (including phenoxy) is 1. The second kappa shape index (κ2) is 10.1. The fraction of sp³-hybridized carbons (Fsp3) is 0.353. The van der Waals surface area contributed by atoms with Gasteiger partial charge in [-0.25, -0.2) is 15.0 Å². The van der Waals surface area contributed by atoms with Crippen molar-refractivity contribution in [1.29, 1.82) is 0 Å². The van der Waals surface area contributed by atoms with Crippen molar-refractivity contribution >= 4 is 12.0 Å². The van der Waals surface area contributed by atoms with E-state index in [1.165, 1.54) is 27.8 Å². The molecule has 8 rings (SSSR count). The molecule has 2 atom stereocenters. The highest BCUT2D eigenvalue weighted by Gasteiger charge is 2.43. The van der Waals surface area contributed by atoms with E-state index in [1.54, 1.807) is 12.4 Å². The highest BCUT2D eigenvalue weighted by molar-refractivity contribution is 5.83. The molecular formula is C34H35N9O. The minimum absolute atomic E-state index is 0.00609. The van der Waals surface area contributed by atoms with E-state index in [-0.39, 0.29) is 17.1 Å². The Morgan fingerprint density at radius 2 is 1.77 bits per heavy atom. The Hall–Kier alpha value is -4.86. The quantitative estimate of drug-likeness (QED) is 0.374. The summed E-state index contributed by atoms with van der Waals surface area (Å²) in [5.74, 6) is 1.69. The lowest BCUT2D eigenvalue weighted by atomic mass is 9.75. The van der Waals surface area contributed by atoms with Crippen LogP contribution >= 0.6 is 0 Å². The Bertz CT molecular complexity index is 1820. The first-order valence-corrected chi connectivity index (χ1v) is 15.2. The molecule has 3 N–H and O–H groups in total. The number of rotatable bonds is 3. The van der Waals surface area contributed by atoms with Crippen molar-refractivity contribution in [1.82, 2.24) is 30.2 Å². The van der Waals surface area contributed by atoms with E-state index < -0.39 is 0 Å². The van der Waals surface area contributed by atoms with Crippen LogP contribution in [0.5, 0.6) is 0 Å². The molecule has 2 aliphatic carbocycles. The summed E-state index contributed by atoms with van der Waals surface area (Å²) in [6, 6.07) is 11.1. The summed E-state index contributed by atoms with van der Waals surface area (Å²) < 4.78 is 5.63. The van der Waals surface area contributed by atoms with E-state index in [0.717, 1.165) is 72.8 Å². The van der Waals surface area contributed by atoms with Crippen molar-refractivity contribution < 1.29 is 4.74 Å². The number of nitrogens with two attached hydrogens (primary N) is 1. The lowest BCUT2D eigenvalue weighted by Crippen LogP contribution is -2.48. The number of fused-ring (bicyclic) bond motifs is 2. The van der Waals surface area contributed by atoms with Crippen LogP contribution in [0, 0.1) is 0 Å². The molecule has 4 heterocycles. The van der Waals surface area contributed by atoms with Gasteiger partial charge in [-0.2, -0.15) is 0 Å². The predicted octanol–water partition coefficient (Wildman–Crippen LogP) is 3.59. The molecule has 2 aromatic carbocycles. The highest BCUT2D eigenvalue weighted by Crippen LogP contribution is 2.43. The molecule has 2 unspecified atom stereocenters. The van der Waals surface area contributed by atoms with Crippen molar-refractivity contribution in [3.63, 3.8) is 0 Å². The molecule has 2 aliphatic heterocycles. The van der Waals surface area contributed by atoms with E-state index in [4.69, 9.17) is 25.4 Å². The number of benzene rings is 2. The molecule has 0 amide bonds. The van der Waals surface area contributed by atoms with Crippen LogP contribution in [0.4, 0.5) is 0 Å². The first-order valence-electron chi connectivity index (χ1n) is 15.2. The maximum Gasteiger partial charge on any atom is 0.282 e. The number of nitrogens with zero attached hydrogens (tertiary/aromatic N) is 7. The third-order valence-corrected chi connectivity index (χ3v) is 9.81. The van der Waals surface area contributed by atoms with Crippen LogP contribution < -0.4 is 11.1 Å². The third kappa shape index (κ3) is 4.39. The smallest absolute Gasteiger partial charge is 0.282 e. The summed E-state index contributed by atoms with van der Waals surface area (Å²) in [6.07, 6.45) is 14.6. The number of hydrogen-bond donors (Lipinski definition) is 2. The predicted molar refractivity (Wildman–Crippen MR) is 170 cm³/mol. The molecule has 44 heavy (non-hydrogen) atoms. The number of aliphatic imine (C=N–C) groups is 2. The summed E-state index contributed by atoms with van der Waals surface area (Å²) in [5, 5.41) is 3.74. The van der Waals surface area contributed by atoms with Gasteiger partial charge in [0.2, 0.25) is 0 Å². The van der Waals surface area contributed by atoms with E-state index in [0.29, 0.717) is 13.0 Å². The molecular weight excluding hydrogens is 550 g/mol. The third-order valence-electron chi connectivity index (χ3n) is 9.81. The second-order valence-corrected chi connectivity index (χ2v) is 12.6. The maximum absolute atomic E-state index is 5.96. The van der Waals surface area contributed by atoms with Gasteiger partial charge in [0.25, 0.3) is 6.02 Å². The van der Waals surface area contributed by atoms with E-state index in [1.807, 2.05) is 25.6 Å². The standard InChI is InChI=1S/C34H35N9O/c1-36-32-42-33(19-43(32)2)10-8-21-4-3-5-23(27(21)14-33)22-16-39-30(40-17-22)26-7-6-25(29-18-37-12-13-38-29)28-15-34(11-9-24(26)28)20-44-31(35)41-34/h3-7,12-13,16-18H,8-11,14-15,19-20H2,1-2H3,(H2,35,41)(H,36,42). The van der Waals surface area contributed by atoms with Gasteiger partial charge in [-0.3, -0.25) is 15.0 Å². The zero-order valence-corrected chi connectivity index (χ0v) is 25.0. The fourth-order valence-corrected chi connectivity index (χ4v) is 7.69. The lowest BCUT2D eigenvalue weighted by Gasteiger charge is -2.35. The molecule has 0 radical (unpaired) electrons. The minimum atomic E-state index is -0.353. The molecule has 2 spiro atoms. The molecule has 0 saturated carbocycles. The number of aryl methyl sites for hydroxylation is 1. The van der Waals surface area contributed by atoms with Crippen LogP contribution in [0.15, 0.2) is 71.3 Å². The molecule has 4 aliphatic rings. The topological polar surface area (TPSA) is 127 Å². The molecule has 4 aromatic rings. The zero-order chi connectivity index (χ0) is 29.9. The Labute approximate surface area is 256 Å². The summed E-state index contributed by atoms with van der Waals surface area (Å²) in [4.78, 5) is 30.3. The molecule has 10 nitrogen and oxygen atoms in total. The van der Waals surface area contributed by atoms with Gasteiger partial charge < -0.3 is 20.7 Å². The van der Waals surface area contributed by atoms with Crippen LogP contribution in [0.3, 0.4) is 0 Å². The van der Waals surface area contributed by atoms with Gasteiger partial charge in [0.05, 0.1) is 17.4 Å².